The van der Waals surface area contributed by atoms with Gasteiger partial charge in [0.05, 0.1) is 11.4 Å². The first-order chi connectivity index (χ1) is 16.2. The highest BCUT2D eigenvalue weighted by Crippen LogP contribution is 2.22. The molecular weight excluding hydrogens is 448 g/mol. The maximum absolute atomic E-state index is 13.1. The fraction of sp³-hybridized carbons (Fsp3) is 0.500. The molecule has 0 saturated carbocycles. The predicted octanol–water partition coefficient (Wildman–Crippen LogP) is 3.39. The molecule has 7 nitrogen and oxygen atoms in total. The highest BCUT2D eigenvalue weighted by atomic mass is 32.2. The number of nitrogens with one attached hydrogen (secondary N) is 1. The Morgan fingerprint density at radius 2 is 1.62 bits per heavy atom. The number of anilines is 1. The quantitative estimate of drug-likeness (QED) is 0.519. The van der Waals surface area contributed by atoms with Gasteiger partial charge in [0.15, 0.2) is 5.78 Å². The highest BCUT2D eigenvalue weighted by Gasteiger charge is 2.26. The maximum atomic E-state index is 13.1. The fourth-order valence-electron chi connectivity index (χ4n) is 4.28. The molecule has 3 rings (SSSR count). The number of rotatable bonds is 10. The van der Waals surface area contributed by atoms with Gasteiger partial charge in [-0.25, -0.2) is 8.42 Å². The molecule has 1 aliphatic rings. The molecule has 34 heavy (non-hydrogen) atoms. The number of Topliss-reactive ketones (excluding diaryl/α,β-unsaturated/α-hetero) is 1. The molecule has 1 heterocycles. The van der Waals surface area contributed by atoms with Gasteiger partial charge in [-0.2, -0.15) is 4.31 Å². The Labute approximate surface area is 204 Å². The first-order valence-corrected chi connectivity index (χ1v) is 13.4. The average molecular weight is 487 g/mol. The van der Waals surface area contributed by atoms with E-state index in [9.17, 15) is 13.2 Å². The summed E-state index contributed by atoms with van der Waals surface area (Å²) < 4.78 is 27.8. The molecule has 0 spiro atoms. The van der Waals surface area contributed by atoms with E-state index in [1.54, 1.807) is 22.5 Å². The lowest BCUT2D eigenvalue weighted by atomic mass is 10.0. The molecule has 2 aromatic rings. The van der Waals surface area contributed by atoms with Gasteiger partial charge in [0.2, 0.25) is 10.0 Å². The lowest BCUT2D eigenvalue weighted by Gasteiger charge is -2.26. The molecule has 1 unspecified atom stereocenters. The molecule has 0 aliphatic carbocycles. The van der Waals surface area contributed by atoms with Gasteiger partial charge in [0.25, 0.3) is 0 Å². The van der Waals surface area contributed by atoms with Gasteiger partial charge in [0.1, 0.15) is 0 Å². The van der Waals surface area contributed by atoms with Crippen LogP contribution in [0, 0.1) is 0 Å². The van der Waals surface area contributed by atoms with Crippen molar-refractivity contribution in [1.29, 1.82) is 0 Å². The number of sulfonamides is 1. The molecule has 0 aromatic heterocycles. The second kappa shape index (κ2) is 11.9. The zero-order valence-electron chi connectivity index (χ0n) is 20.8. The van der Waals surface area contributed by atoms with Gasteiger partial charge in [-0.05, 0) is 56.8 Å². The normalized spacial score (nSPS) is 16.3. The Hall–Kier alpha value is -2.26. The Bertz CT molecular complexity index is 1040. The number of hydrogen-bond donors (Lipinski definition) is 1. The van der Waals surface area contributed by atoms with Crippen LogP contribution in [0.1, 0.15) is 47.6 Å². The summed E-state index contributed by atoms with van der Waals surface area (Å²) in [5.74, 6) is -0.117. The molecule has 186 valence electrons. The Kier molecular flexibility index (Phi) is 9.24. The molecule has 2 aromatic carbocycles. The van der Waals surface area contributed by atoms with Crippen molar-refractivity contribution in [3.05, 3.63) is 59.7 Å². The maximum Gasteiger partial charge on any atom is 0.243 e. The smallest absolute Gasteiger partial charge is 0.243 e. The van der Waals surface area contributed by atoms with Crippen LogP contribution in [0.4, 0.5) is 5.69 Å². The van der Waals surface area contributed by atoms with Crippen LogP contribution in [0.15, 0.2) is 53.4 Å². The Balaban J connectivity index is 1.64. The van der Waals surface area contributed by atoms with E-state index >= 15 is 0 Å². The van der Waals surface area contributed by atoms with Crippen molar-refractivity contribution in [2.75, 3.05) is 59.3 Å². The topological polar surface area (TPSA) is 73.0 Å². The van der Waals surface area contributed by atoms with E-state index in [4.69, 9.17) is 0 Å². The highest BCUT2D eigenvalue weighted by molar-refractivity contribution is 7.89. The minimum absolute atomic E-state index is 0.110. The molecule has 1 saturated heterocycles. The second-order valence-electron chi connectivity index (χ2n) is 9.37. The molecule has 1 fully saturated rings. The summed E-state index contributed by atoms with van der Waals surface area (Å²) in [5, 5.41) is 3.27. The number of ketones is 1. The van der Waals surface area contributed by atoms with Crippen molar-refractivity contribution in [2.24, 2.45) is 0 Å². The standard InChI is InChI=1S/C26H38N4O3S/c1-28(2)23-14-12-21(13-15-23)25(29(3)4)19-27-20-26(31)22-10-9-11-24(18-22)34(32,33)30-16-7-5-6-8-17-30/h9-15,18,25,27H,5-8,16-17,19-20H2,1-4H3. The van der Waals surface area contributed by atoms with Gasteiger partial charge in [-0.1, -0.05) is 37.1 Å². The van der Waals surface area contributed by atoms with Crippen LogP contribution in [0.5, 0.6) is 0 Å². The van der Waals surface area contributed by atoms with Gasteiger partial charge in [-0.15, -0.1) is 0 Å². The molecule has 8 heteroatoms. The van der Waals surface area contributed by atoms with Crippen LogP contribution in [-0.2, 0) is 10.0 Å². The van der Waals surface area contributed by atoms with E-state index in [1.165, 1.54) is 11.6 Å². The minimum Gasteiger partial charge on any atom is -0.378 e. The number of nitrogens with zero attached hydrogens (tertiary/aromatic N) is 3. The minimum atomic E-state index is -3.58. The van der Waals surface area contributed by atoms with E-state index in [1.807, 2.05) is 28.2 Å². The number of hydrogen-bond acceptors (Lipinski definition) is 6. The molecule has 0 bridgehead atoms. The summed E-state index contributed by atoms with van der Waals surface area (Å²) in [6, 6.07) is 15.0. The lowest BCUT2D eigenvalue weighted by Crippen LogP contribution is -2.34. The lowest BCUT2D eigenvalue weighted by molar-refractivity contribution is 0.0988. The largest absolute Gasteiger partial charge is 0.378 e. The number of carbonyl (C=O) groups is 1. The van der Waals surface area contributed by atoms with Crippen molar-refractivity contribution in [2.45, 2.75) is 36.6 Å². The molecule has 0 amide bonds. The van der Waals surface area contributed by atoms with Gasteiger partial charge in [-0.3, -0.25) is 4.79 Å². The molecule has 1 aliphatic heterocycles. The summed E-state index contributed by atoms with van der Waals surface area (Å²) in [6.07, 6.45) is 3.88. The van der Waals surface area contributed by atoms with E-state index < -0.39 is 10.0 Å². The van der Waals surface area contributed by atoms with E-state index in [2.05, 4.69) is 39.4 Å². The Morgan fingerprint density at radius 1 is 0.971 bits per heavy atom. The molecular formula is C26H38N4O3S. The zero-order chi connectivity index (χ0) is 24.7. The van der Waals surface area contributed by atoms with Gasteiger partial charge >= 0.3 is 0 Å². The average Bonchev–Trinajstić information content (AvgIpc) is 3.12. The summed E-state index contributed by atoms with van der Waals surface area (Å²) in [4.78, 5) is 17.3. The first-order valence-electron chi connectivity index (χ1n) is 12.0. The van der Waals surface area contributed by atoms with E-state index in [-0.39, 0.29) is 23.3 Å². The van der Waals surface area contributed by atoms with Crippen LogP contribution in [0.25, 0.3) is 0 Å². The Morgan fingerprint density at radius 3 is 2.21 bits per heavy atom. The monoisotopic (exact) mass is 486 g/mol. The van der Waals surface area contributed by atoms with E-state index in [0.29, 0.717) is 25.2 Å². The van der Waals surface area contributed by atoms with Gasteiger partial charge in [0, 0.05) is 51.0 Å². The predicted molar refractivity (Wildman–Crippen MR) is 138 cm³/mol. The number of carbonyl (C=O) groups excluding carboxylic acids is 1. The first kappa shape index (κ1) is 26.3. The van der Waals surface area contributed by atoms with Crippen LogP contribution in [0.3, 0.4) is 0 Å². The van der Waals surface area contributed by atoms with Crippen molar-refractivity contribution in [1.82, 2.24) is 14.5 Å². The second-order valence-corrected chi connectivity index (χ2v) is 11.3. The summed E-state index contributed by atoms with van der Waals surface area (Å²) in [6.45, 7) is 1.84. The SMILES string of the molecule is CN(C)c1ccc(C(CNCC(=O)c2cccc(S(=O)(=O)N3CCCCCC3)c2)N(C)C)cc1. The van der Waals surface area contributed by atoms with Crippen LogP contribution < -0.4 is 10.2 Å². The van der Waals surface area contributed by atoms with Gasteiger partial charge < -0.3 is 15.1 Å². The number of benzene rings is 2. The molecule has 1 N–H and O–H groups in total. The molecule has 1 atom stereocenters. The van der Waals surface area contributed by atoms with Crippen molar-refractivity contribution in [3.63, 3.8) is 0 Å². The zero-order valence-corrected chi connectivity index (χ0v) is 21.6. The number of likely N-dealkylation sites (N-methyl/N-ethyl adjacent to an activating group) is 1. The van der Waals surface area contributed by atoms with Crippen LogP contribution in [0.2, 0.25) is 0 Å². The van der Waals surface area contributed by atoms with Crippen LogP contribution >= 0.6 is 0 Å². The van der Waals surface area contributed by atoms with Crippen molar-refractivity contribution in [3.8, 4) is 0 Å². The third-order valence-corrected chi connectivity index (χ3v) is 8.29. The molecule has 0 radical (unpaired) electrons. The third-order valence-electron chi connectivity index (χ3n) is 6.40. The summed E-state index contributed by atoms with van der Waals surface area (Å²) >= 11 is 0. The summed E-state index contributed by atoms with van der Waals surface area (Å²) in [5.41, 5.74) is 2.72. The van der Waals surface area contributed by atoms with Crippen molar-refractivity contribution >= 4 is 21.5 Å². The van der Waals surface area contributed by atoms with E-state index in [0.717, 1.165) is 31.4 Å². The third kappa shape index (κ3) is 6.66. The van der Waals surface area contributed by atoms with Crippen molar-refractivity contribution < 1.29 is 13.2 Å². The summed E-state index contributed by atoms with van der Waals surface area (Å²) in [7, 11) is 4.48. The van der Waals surface area contributed by atoms with Crippen LogP contribution in [-0.4, -0.2) is 77.8 Å². The fourth-order valence-corrected chi connectivity index (χ4v) is 5.84.